The fourth-order valence-corrected chi connectivity index (χ4v) is 3.07. The summed E-state index contributed by atoms with van der Waals surface area (Å²) in [7, 11) is 0. The highest BCUT2D eigenvalue weighted by atomic mass is 16.5. The number of hydrogen-bond acceptors (Lipinski definition) is 7. The number of hydrogen-bond donors (Lipinski definition) is 1. The molecule has 0 aromatic carbocycles. The van der Waals surface area contributed by atoms with Gasteiger partial charge in [-0.1, -0.05) is 5.16 Å². The molecule has 2 saturated heterocycles. The van der Waals surface area contributed by atoms with Gasteiger partial charge < -0.3 is 19.5 Å². The van der Waals surface area contributed by atoms with Crippen LogP contribution in [-0.2, 0) is 9.53 Å². The van der Waals surface area contributed by atoms with Gasteiger partial charge in [0, 0.05) is 32.0 Å². The molecular formula is C16H19N5O3. The lowest BCUT2D eigenvalue weighted by atomic mass is 10.1. The zero-order valence-corrected chi connectivity index (χ0v) is 13.5. The lowest BCUT2D eigenvalue weighted by Crippen LogP contribution is -2.48. The lowest BCUT2D eigenvalue weighted by molar-refractivity contribution is -0.120. The van der Waals surface area contributed by atoms with Crippen LogP contribution >= 0.6 is 0 Å². The summed E-state index contributed by atoms with van der Waals surface area (Å²) in [5.41, 5.74) is 2.41. The Morgan fingerprint density at radius 2 is 2.33 bits per heavy atom. The summed E-state index contributed by atoms with van der Waals surface area (Å²) in [5, 5.41) is 6.76. The van der Waals surface area contributed by atoms with Crippen LogP contribution < -0.4 is 10.2 Å². The first-order valence-corrected chi connectivity index (χ1v) is 8.14. The Hall–Kier alpha value is -2.48. The Labute approximate surface area is 139 Å². The van der Waals surface area contributed by atoms with E-state index in [4.69, 9.17) is 14.2 Å². The van der Waals surface area contributed by atoms with E-state index in [-0.39, 0.29) is 18.6 Å². The summed E-state index contributed by atoms with van der Waals surface area (Å²) in [6.45, 7) is 4.16. The first kappa shape index (κ1) is 15.1. The van der Waals surface area contributed by atoms with Crippen LogP contribution in [0.3, 0.4) is 0 Å². The molecule has 24 heavy (non-hydrogen) atoms. The molecule has 126 valence electrons. The molecule has 0 radical (unpaired) electrons. The van der Waals surface area contributed by atoms with Crippen molar-refractivity contribution in [1.82, 2.24) is 20.4 Å². The molecule has 0 spiro atoms. The molecule has 2 aromatic rings. The van der Waals surface area contributed by atoms with E-state index in [9.17, 15) is 4.79 Å². The molecular weight excluding hydrogens is 310 g/mol. The number of carbonyl (C=O) groups is 1. The smallest absolute Gasteiger partial charge is 0.239 e. The van der Waals surface area contributed by atoms with Gasteiger partial charge in [0.05, 0.1) is 23.5 Å². The van der Waals surface area contributed by atoms with Gasteiger partial charge in [-0.25, -0.2) is 9.97 Å². The van der Waals surface area contributed by atoms with E-state index in [0.29, 0.717) is 24.8 Å². The third-order valence-electron chi connectivity index (χ3n) is 4.25. The number of amides is 1. The van der Waals surface area contributed by atoms with Crippen LogP contribution in [0.4, 0.5) is 5.95 Å². The molecule has 0 saturated carbocycles. The summed E-state index contributed by atoms with van der Waals surface area (Å²) >= 11 is 0. The minimum atomic E-state index is -0.0780. The van der Waals surface area contributed by atoms with E-state index in [1.165, 1.54) is 0 Å². The zero-order chi connectivity index (χ0) is 16.5. The number of nitrogens with one attached hydrogen (secondary N) is 1. The van der Waals surface area contributed by atoms with Crippen LogP contribution in [0, 0.1) is 6.92 Å². The summed E-state index contributed by atoms with van der Waals surface area (Å²) in [4.78, 5) is 22.7. The number of anilines is 1. The second-order valence-electron chi connectivity index (χ2n) is 6.07. The quantitative estimate of drug-likeness (QED) is 0.905. The zero-order valence-electron chi connectivity index (χ0n) is 13.5. The largest absolute Gasteiger partial charge is 0.372 e. The maximum Gasteiger partial charge on any atom is 0.239 e. The Balaban J connectivity index is 1.73. The number of aromatic nitrogens is 3. The van der Waals surface area contributed by atoms with Crippen molar-refractivity contribution in [2.24, 2.45) is 0 Å². The first-order chi connectivity index (χ1) is 11.7. The van der Waals surface area contributed by atoms with Crippen molar-refractivity contribution < 1.29 is 14.1 Å². The first-order valence-electron chi connectivity index (χ1n) is 8.14. The minimum absolute atomic E-state index is 0.0153. The van der Waals surface area contributed by atoms with E-state index in [1.807, 2.05) is 17.9 Å². The Morgan fingerprint density at radius 1 is 1.42 bits per heavy atom. The third kappa shape index (κ3) is 2.84. The van der Waals surface area contributed by atoms with Crippen molar-refractivity contribution in [3.05, 3.63) is 23.7 Å². The van der Waals surface area contributed by atoms with Gasteiger partial charge in [-0.05, 0) is 19.8 Å². The SMILES string of the molecule is Cc1cc(-c2cnc(N3CCNC(=O)C3)nc2[C@@H]2CCCO2)on1. The van der Waals surface area contributed by atoms with Gasteiger partial charge in [0.15, 0.2) is 5.76 Å². The number of ether oxygens (including phenoxy) is 1. The summed E-state index contributed by atoms with van der Waals surface area (Å²) in [6.07, 6.45) is 3.58. The molecule has 2 aliphatic heterocycles. The van der Waals surface area contributed by atoms with Gasteiger partial charge in [0.1, 0.15) is 6.10 Å². The monoisotopic (exact) mass is 329 g/mol. The van der Waals surface area contributed by atoms with Gasteiger partial charge in [0.25, 0.3) is 0 Å². The molecule has 8 heteroatoms. The molecule has 1 atom stereocenters. The molecule has 2 aliphatic rings. The summed E-state index contributed by atoms with van der Waals surface area (Å²) < 4.78 is 11.2. The second kappa shape index (κ2) is 6.20. The Kier molecular flexibility index (Phi) is 3.89. The molecule has 0 bridgehead atoms. The van der Waals surface area contributed by atoms with Crippen LogP contribution in [-0.4, -0.2) is 47.3 Å². The maximum absolute atomic E-state index is 11.6. The molecule has 0 unspecified atom stereocenters. The standard InChI is InChI=1S/C16H19N5O3/c1-10-7-13(24-20-10)11-8-18-16(21-5-4-17-14(22)9-21)19-15(11)12-3-2-6-23-12/h7-8,12H,2-6,9H2,1H3,(H,17,22)/t12-/m0/s1. The highest BCUT2D eigenvalue weighted by Gasteiger charge is 2.27. The van der Waals surface area contributed by atoms with Crippen LogP contribution in [0.15, 0.2) is 16.8 Å². The molecule has 4 rings (SSSR count). The fraction of sp³-hybridized carbons (Fsp3) is 0.500. The number of carbonyl (C=O) groups excluding carboxylic acids is 1. The van der Waals surface area contributed by atoms with Gasteiger partial charge in [-0.15, -0.1) is 0 Å². The van der Waals surface area contributed by atoms with E-state index in [0.717, 1.165) is 36.4 Å². The van der Waals surface area contributed by atoms with E-state index < -0.39 is 0 Å². The average molecular weight is 329 g/mol. The van der Waals surface area contributed by atoms with Crippen molar-refractivity contribution in [3.8, 4) is 11.3 Å². The van der Waals surface area contributed by atoms with Crippen LogP contribution in [0.5, 0.6) is 0 Å². The molecule has 2 aromatic heterocycles. The number of aryl methyl sites for hydroxylation is 1. The summed E-state index contributed by atoms with van der Waals surface area (Å²) in [6, 6.07) is 1.87. The van der Waals surface area contributed by atoms with Gasteiger partial charge in [0.2, 0.25) is 11.9 Å². The van der Waals surface area contributed by atoms with E-state index in [2.05, 4.69) is 15.5 Å². The maximum atomic E-state index is 11.6. The van der Waals surface area contributed by atoms with Crippen LogP contribution in [0.25, 0.3) is 11.3 Å². The number of rotatable bonds is 3. The average Bonchev–Trinajstić information content (AvgIpc) is 3.26. The van der Waals surface area contributed by atoms with Gasteiger partial charge in [-0.2, -0.15) is 0 Å². The number of nitrogens with zero attached hydrogens (tertiary/aromatic N) is 4. The summed E-state index contributed by atoms with van der Waals surface area (Å²) in [5.74, 6) is 1.18. The Bertz CT molecular complexity index is 754. The van der Waals surface area contributed by atoms with Gasteiger partial charge in [-0.3, -0.25) is 4.79 Å². The van der Waals surface area contributed by atoms with Crippen molar-refractivity contribution in [3.63, 3.8) is 0 Å². The predicted octanol–water partition coefficient (Wildman–Crippen LogP) is 1.23. The molecule has 8 nitrogen and oxygen atoms in total. The highest BCUT2D eigenvalue weighted by Crippen LogP contribution is 2.35. The van der Waals surface area contributed by atoms with Gasteiger partial charge >= 0.3 is 0 Å². The van der Waals surface area contributed by atoms with Crippen molar-refractivity contribution >= 4 is 11.9 Å². The molecule has 1 N–H and O–H groups in total. The van der Waals surface area contributed by atoms with Crippen molar-refractivity contribution in [2.45, 2.75) is 25.9 Å². The highest BCUT2D eigenvalue weighted by molar-refractivity contribution is 5.82. The normalized spacial score (nSPS) is 21.1. The molecule has 2 fully saturated rings. The molecule has 1 amide bonds. The minimum Gasteiger partial charge on any atom is -0.372 e. The fourth-order valence-electron chi connectivity index (χ4n) is 3.07. The van der Waals surface area contributed by atoms with Crippen molar-refractivity contribution in [1.29, 1.82) is 0 Å². The topological polar surface area (TPSA) is 93.4 Å². The van der Waals surface area contributed by atoms with Crippen LogP contribution in [0.1, 0.15) is 30.3 Å². The second-order valence-corrected chi connectivity index (χ2v) is 6.07. The molecule has 0 aliphatic carbocycles. The lowest BCUT2D eigenvalue weighted by Gasteiger charge is -2.27. The van der Waals surface area contributed by atoms with Crippen molar-refractivity contribution in [2.75, 3.05) is 31.1 Å². The molecule has 4 heterocycles. The Morgan fingerprint density at radius 3 is 3.04 bits per heavy atom. The predicted molar refractivity (Wildman–Crippen MR) is 85.4 cm³/mol. The van der Waals surface area contributed by atoms with Crippen LogP contribution in [0.2, 0.25) is 0 Å². The number of piperazine rings is 1. The van der Waals surface area contributed by atoms with E-state index in [1.54, 1.807) is 6.20 Å². The van der Waals surface area contributed by atoms with E-state index >= 15 is 0 Å². The third-order valence-corrected chi connectivity index (χ3v) is 4.25.